The van der Waals surface area contributed by atoms with Gasteiger partial charge in [-0.25, -0.2) is 19.2 Å². The summed E-state index contributed by atoms with van der Waals surface area (Å²) in [4.78, 5) is 131. The van der Waals surface area contributed by atoms with Gasteiger partial charge in [-0.05, 0) is 71.8 Å². The molecule has 3 saturated heterocycles. The average Bonchev–Trinajstić information content (AvgIpc) is 4.19. The number of hydroxylamine groups is 2. The van der Waals surface area contributed by atoms with Gasteiger partial charge >= 0.3 is 24.1 Å². The fraction of sp³-hybridized carbons (Fsp3) is 0.462. The van der Waals surface area contributed by atoms with Crippen LogP contribution in [0.3, 0.4) is 0 Å². The number of hydrogen-bond acceptors (Lipinski definition) is 19. The van der Waals surface area contributed by atoms with Crippen LogP contribution in [0.15, 0.2) is 54.6 Å². The number of aliphatic hydroxyl groups excluding tert-OH is 4. The van der Waals surface area contributed by atoms with Crippen molar-refractivity contribution in [2.75, 3.05) is 45.2 Å². The number of rotatable bonds is 24. The van der Waals surface area contributed by atoms with Crippen molar-refractivity contribution in [3.8, 4) is 5.75 Å². The molecule has 0 radical (unpaired) electrons. The van der Waals surface area contributed by atoms with Crippen molar-refractivity contribution in [3.05, 3.63) is 93.0 Å². The number of hydrogen-bond donors (Lipinski definition) is 10. The molecule has 0 aliphatic carbocycles. The quantitative estimate of drug-likeness (QED) is 0.0415. The Morgan fingerprint density at radius 1 is 0.840 bits per heavy atom. The summed E-state index contributed by atoms with van der Waals surface area (Å²) < 4.78 is 22.1. The molecule has 28 nitrogen and oxygen atoms in total. The summed E-state index contributed by atoms with van der Waals surface area (Å²) in [5.41, 5.74) is 3.17. The van der Waals surface area contributed by atoms with Gasteiger partial charge in [-0.1, -0.05) is 35.9 Å². The van der Waals surface area contributed by atoms with Crippen LogP contribution in [0.5, 0.6) is 5.75 Å². The number of halogens is 1. The van der Waals surface area contributed by atoms with Crippen LogP contribution < -0.4 is 31.3 Å². The Kier molecular flexibility index (Phi) is 20.9. The van der Waals surface area contributed by atoms with E-state index in [9.17, 15) is 73.5 Å². The lowest BCUT2D eigenvalue weighted by Gasteiger charge is -2.38. The van der Waals surface area contributed by atoms with Crippen LogP contribution in [0.1, 0.15) is 87.9 Å². The number of nitrogens with one attached hydrogen (secondary N) is 5. The van der Waals surface area contributed by atoms with E-state index in [-0.39, 0.29) is 120 Å². The highest BCUT2D eigenvalue weighted by atomic mass is 35.5. The lowest BCUT2D eigenvalue weighted by atomic mass is 9.99. The average molecular weight is 1150 g/mol. The molecule has 4 aliphatic rings. The zero-order valence-electron chi connectivity index (χ0n) is 43.6. The van der Waals surface area contributed by atoms with Crippen LogP contribution in [0, 0.1) is 0 Å². The second kappa shape index (κ2) is 27.9. The van der Waals surface area contributed by atoms with E-state index in [1.54, 1.807) is 35.2 Å². The number of carboxylic acids is 1. The van der Waals surface area contributed by atoms with Crippen molar-refractivity contribution in [2.24, 2.45) is 0 Å². The number of carbonyl (C=O) groups is 10. The van der Waals surface area contributed by atoms with Crippen molar-refractivity contribution in [1.82, 2.24) is 36.1 Å². The number of likely N-dealkylation sites (N-methyl/N-ethyl adjacent to an activating group) is 1. The van der Waals surface area contributed by atoms with Crippen molar-refractivity contribution >= 4 is 76.8 Å². The topological polar surface area (TPSA) is 388 Å². The Morgan fingerprint density at radius 2 is 1.58 bits per heavy atom. The first-order valence-corrected chi connectivity index (χ1v) is 26.1. The largest absolute Gasteiger partial charge is 0.479 e. The molecule has 4 aliphatic heterocycles. The summed E-state index contributed by atoms with van der Waals surface area (Å²) >= 11 is 6.54. The van der Waals surface area contributed by atoms with E-state index in [1.807, 2.05) is 6.07 Å². The Balaban J connectivity index is 0.830. The summed E-state index contributed by atoms with van der Waals surface area (Å²) in [7, 11) is 1.47. The summed E-state index contributed by atoms with van der Waals surface area (Å²) in [5, 5.41) is 64.8. The number of imide groups is 1. The minimum absolute atomic E-state index is 0.0189. The van der Waals surface area contributed by atoms with Crippen LogP contribution in [0.25, 0.3) is 0 Å². The number of aliphatic carboxylic acids is 1. The number of benzene rings is 3. The Morgan fingerprint density at radius 3 is 2.31 bits per heavy atom. The molecule has 4 heterocycles. The van der Waals surface area contributed by atoms with E-state index in [0.29, 0.717) is 34.2 Å². The molecule has 10 N–H and O–H groups in total. The van der Waals surface area contributed by atoms with Gasteiger partial charge < -0.3 is 85.7 Å². The fourth-order valence-electron chi connectivity index (χ4n) is 8.87. The number of carboxylic acid groups (broad SMARTS) is 1. The number of urea groups is 1. The molecule has 7 rings (SSSR count). The predicted octanol–water partition coefficient (Wildman–Crippen LogP) is -0.0633. The third-order valence-electron chi connectivity index (χ3n) is 13.3. The molecule has 436 valence electrons. The van der Waals surface area contributed by atoms with E-state index in [4.69, 9.17) is 35.4 Å². The Hall–Kier alpha value is -7.99. The lowest BCUT2D eigenvalue weighted by Crippen LogP contribution is -2.61. The van der Waals surface area contributed by atoms with Crippen LogP contribution in [-0.4, -0.2) is 183 Å². The minimum atomic E-state index is -2.02. The van der Waals surface area contributed by atoms with Gasteiger partial charge in [-0.2, -0.15) is 0 Å². The van der Waals surface area contributed by atoms with Crippen molar-refractivity contribution < 1.29 is 97.3 Å². The van der Waals surface area contributed by atoms with E-state index in [0.717, 1.165) is 16.7 Å². The maximum absolute atomic E-state index is 13.6. The van der Waals surface area contributed by atoms with Crippen LogP contribution >= 0.6 is 11.6 Å². The molecular formula is C52H61ClN8O20. The van der Waals surface area contributed by atoms with Crippen molar-refractivity contribution in [2.45, 2.75) is 114 Å². The Labute approximate surface area is 466 Å². The number of amides is 9. The predicted molar refractivity (Wildman–Crippen MR) is 276 cm³/mol. The molecule has 0 saturated carbocycles. The van der Waals surface area contributed by atoms with Crippen molar-refractivity contribution in [1.29, 1.82) is 0 Å². The number of nitrogens with zero attached hydrogens (tertiary/aromatic N) is 3. The molecular weight excluding hydrogens is 1090 g/mol. The van der Waals surface area contributed by atoms with E-state index >= 15 is 0 Å². The third-order valence-corrected chi connectivity index (χ3v) is 13.7. The van der Waals surface area contributed by atoms with Gasteiger partial charge in [0.1, 0.15) is 36.9 Å². The first kappa shape index (κ1) is 60.6. The van der Waals surface area contributed by atoms with Crippen molar-refractivity contribution in [3.63, 3.8) is 0 Å². The van der Waals surface area contributed by atoms with Crippen LogP contribution in [0.2, 0.25) is 5.02 Å². The highest BCUT2D eigenvalue weighted by Gasteiger charge is 2.48. The summed E-state index contributed by atoms with van der Waals surface area (Å²) in [6.07, 6.45) is -11.4. The Bertz CT molecular complexity index is 2880. The molecule has 3 aromatic rings. The van der Waals surface area contributed by atoms with Crippen LogP contribution in [0.4, 0.5) is 15.3 Å². The first-order valence-electron chi connectivity index (χ1n) is 25.7. The minimum Gasteiger partial charge on any atom is -0.479 e. The number of ether oxygens (including phenoxy) is 4. The molecule has 3 aromatic carbocycles. The van der Waals surface area contributed by atoms with E-state index in [2.05, 4.69) is 26.6 Å². The molecule has 81 heavy (non-hydrogen) atoms. The van der Waals surface area contributed by atoms with Gasteiger partial charge in [0.15, 0.2) is 6.10 Å². The number of piperidine rings is 1. The molecule has 0 bridgehead atoms. The zero-order valence-corrected chi connectivity index (χ0v) is 44.4. The highest BCUT2D eigenvalue weighted by Crippen LogP contribution is 2.31. The third kappa shape index (κ3) is 16.1. The number of fused-ring (bicyclic) bond motifs is 1. The number of anilines is 1. The van der Waals surface area contributed by atoms with Gasteiger partial charge in [0.05, 0.1) is 24.8 Å². The molecule has 3 fully saturated rings. The summed E-state index contributed by atoms with van der Waals surface area (Å²) in [6.45, 7) is 0.215. The molecule has 0 aromatic heterocycles. The van der Waals surface area contributed by atoms with Crippen LogP contribution in [-0.2, 0) is 73.9 Å². The smallest absolute Gasteiger partial charge is 0.409 e. The van der Waals surface area contributed by atoms with Gasteiger partial charge in [0, 0.05) is 88.1 Å². The highest BCUT2D eigenvalue weighted by molar-refractivity contribution is 6.31. The molecule has 2 unspecified atom stereocenters. The maximum Gasteiger partial charge on any atom is 0.409 e. The van der Waals surface area contributed by atoms with Gasteiger partial charge in [-0.3, -0.25) is 28.8 Å². The summed E-state index contributed by atoms with van der Waals surface area (Å²) in [5.74, 6) is -5.94. The second-order valence-electron chi connectivity index (χ2n) is 19.2. The lowest BCUT2D eigenvalue weighted by molar-refractivity contribution is -0.271. The monoisotopic (exact) mass is 1150 g/mol. The van der Waals surface area contributed by atoms with E-state index in [1.165, 1.54) is 30.1 Å². The number of carbonyl (C=O) groups excluding carboxylic acids is 9. The van der Waals surface area contributed by atoms with E-state index < -0.39 is 90.7 Å². The fourth-order valence-corrected chi connectivity index (χ4v) is 9.15. The molecule has 0 spiro atoms. The zero-order chi connectivity index (χ0) is 58.5. The summed E-state index contributed by atoms with van der Waals surface area (Å²) in [6, 6.07) is 13.1. The molecule has 29 heteroatoms. The van der Waals surface area contributed by atoms with Gasteiger partial charge in [-0.15, -0.1) is 5.06 Å². The molecule has 7 atom stereocenters. The maximum atomic E-state index is 13.6. The van der Waals surface area contributed by atoms with Gasteiger partial charge in [0.25, 0.3) is 23.6 Å². The second-order valence-corrected chi connectivity index (χ2v) is 19.6. The molecule has 9 amide bonds. The number of aliphatic hydroxyl groups is 4. The first-order chi connectivity index (χ1) is 38.7. The SMILES string of the molecule is CN(CCOCCc1ccc(NC(=O)NCc2ccc3c(c2)CN(C2CCC(=O)NC2O)C3=O)cc1Cl)C(=O)OCc1ccc(O[C@@H]2O[C@H](C(=O)O)[C@@H](O)[C@H](O)[C@H]2O)c(C(=O)NCCNC(=O)CCCC(=O)ON2C(=O)CCC2=O)c1. The standard InChI is InChI=1S/C52H61ClN8O20/c1-59(18-20-77-19-15-29-7-8-31(23-34(29)53)57-51(75)56-24-27-5-9-32-30(21-27)25-60(48(32)72)35-10-12-38(63)58-47(35)71)52(76)78-26-28-6-11-36(79-50-44(69)42(67)43(68)45(80-50)49(73)74)33(22-28)46(70)55-17-16-54-37(62)3-2-4-41(66)81-61-39(64)13-14-40(61)65/h5-9,11,21-23,35,42-45,47,50,67-69,71H,2-4,10,12-20,24-26H2,1H3,(H,54,62)(H,55,70)(H,58,63)(H,73,74)(H2,56,57,75)/t35?,42-,43-,44+,45-,47?,50+/m0/s1. The van der Waals surface area contributed by atoms with Gasteiger partial charge in [0.2, 0.25) is 18.1 Å². The normalized spacial score (nSPS) is 21.4.